The van der Waals surface area contributed by atoms with Gasteiger partial charge < -0.3 is 10.5 Å². The number of ether oxygens (including phenoxy) is 1. The van der Waals surface area contributed by atoms with E-state index in [9.17, 15) is 0 Å². The number of likely N-dealkylation sites (N-methyl/N-ethyl adjacent to an activating group) is 1. The van der Waals surface area contributed by atoms with E-state index in [-0.39, 0.29) is 12.1 Å². The van der Waals surface area contributed by atoms with E-state index in [4.69, 9.17) is 10.5 Å². The Bertz CT molecular complexity index is 354. The van der Waals surface area contributed by atoms with E-state index in [1.54, 1.807) is 0 Å². The second kappa shape index (κ2) is 8.69. The summed E-state index contributed by atoms with van der Waals surface area (Å²) in [5.74, 6) is 0. The average Bonchev–Trinajstić information content (AvgIpc) is 2.39. The number of hydrogen-bond donors (Lipinski definition) is 1. The minimum Gasteiger partial charge on any atom is -0.380 e. The molecule has 0 saturated carbocycles. The van der Waals surface area contributed by atoms with Crippen LogP contribution in [0.2, 0.25) is 0 Å². The topological polar surface area (TPSA) is 38.5 Å². The van der Waals surface area contributed by atoms with E-state index in [0.29, 0.717) is 0 Å². The Morgan fingerprint density at radius 3 is 2.37 bits per heavy atom. The Morgan fingerprint density at radius 2 is 1.89 bits per heavy atom. The molecule has 0 spiro atoms. The summed E-state index contributed by atoms with van der Waals surface area (Å²) in [4.78, 5) is 2.38. The van der Waals surface area contributed by atoms with Crippen molar-refractivity contribution in [1.29, 1.82) is 0 Å². The standard InChI is InChI=1S/C15H25BrN2O/c1-4-18(10-11-19-5-2)15(12(3)17)13-6-8-14(16)9-7-13/h6-9,12,15H,4-5,10-11,17H2,1-3H3. The van der Waals surface area contributed by atoms with Gasteiger partial charge in [-0.25, -0.2) is 0 Å². The molecule has 0 aliphatic heterocycles. The molecular formula is C15H25BrN2O. The van der Waals surface area contributed by atoms with Gasteiger partial charge in [-0.3, -0.25) is 4.90 Å². The summed E-state index contributed by atoms with van der Waals surface area (Å²) >= 11 is 3.47. The maximum atomic E-state index is 6.19. The highest BCUT2D eigenvalue weighted by atomic mass is 79.9. The summed E-state index contributed by atoms with van der Waals surface area (Å²) < 4.78 is 6.56. The summed E-state index contributed by atoms with van der Waals surface area (Å²) in [7, 11) is 0. The second-order valence-corrected chi connectivity index (χ2v) is 5.60. The van der Waals surface area contributed by atoms with Crippen LogP contribution < -0.4 is 5.73 Å². The van der Waals surface area contributed by atoms with Crippen LogP contribution in [0.4, 0.5) is 0 Å². The first kappa shape index (κ1) is 16.6. The Labute approximate surface area is 125 Å². The highest BCUT2D eigenvalue weighted by molar-refractivity contribution is 9.10. The molecule has 0 aliphatic rings. The van der Waals surface area contributed by atoms with Gasteiger partial charge in [-0.15, -0.1) is 0 Å². The molecule has 19 heavy (non-hydrogen) atoms. The van der Waals surface area contributed by atoms with E-state index in [1.807, 2.05) is 6.92 Å². The fourth-order valence-electron chi connectivity index (χ4n) is 2.33. The van der Waals surface area contributed by atoms with Crippen LogP contribution in [0, 0.1) is 0 Å². The van der Waals surface area contributed by atoms with Crippen LogP contribution in [0.25, 0.3) is 0 Å². The third-order valence-corrected chi connectivity index (χ3v) is 3.76. The SMILES string of the molecule is CCOCCN(CC)C(c1ccc(Br)cc1)C(C)N. The van der Waals surface area contributed by atoms with Crippen molar-refractivity contribution in [3.05, 3.63) is 34.3 Å². The zero-order chi connectivity index (χ0) is 14.3. The highest BCUT2D eigenvalue weighted by Gasteiger charge is 2.22. The molecular weight excluding hydrogens is 304 g/mol. The van der Waals surface area contributed by atoms with Gasteiger partial charge in [-0.2, -0.15) is 0 Å². The van der Waals surface area contributed by atoms with Gasteiger partial charge in [0.1, 0.15) is 0 Å². The first-order valence-electron chi connectivity index (χ1n) is 6.93. The fourth-order valence-corrected chi connectivity index (χ4v) is 2.59. The molecule has 0 saturated heterocycles. The van der Waals surface area contributed by atoms with E-state index in [0.717, 1.165) is 30.8 Å². The van der Waals surface area contributed by atoms with Gasteiger partial charge in [0.2, 0.25) is 0 Å². The highest BCUT2D eigenvalue weighted by Crippen LogP contribution is 2.24. The predicted octanol–water partition coefficient (Wildman–Crippen LogP) is 3.20. The Morgan fingerprint density at radius 1 is 1.26 bits per heavy atom. The fraction of sp³-hybridized carbons (Fsp3) is 0.600. The predicted molar refractivity (Wildman–Crippen MR) is 84.3 cm³/mol. The van der Waals surface area contributed by atoms with Crippen molar-refractivity contribution in [2.24, 2.45) is 5.73 Å². The molecule has 0 bridgehead atoms. The lowest BCUT2D eigenvalue weighted by Gasteiger charge is -2.33. The van der Waals surface area contributed by atoms with Gasteiger partial charge >= 0.3 is 0 Å². The Balaban J connectivity index is 2.82. The number of nitrogens with zero attached hydrogens (tertiary/aromatic N) is 1. The molecule has 2 unspecified atom stereocenters. The molecule has 2 atom stereocenters. The maximum absolute atomic E-state index is 6.19. The molecule has 1 aromatic carbocycles. The zero-order valence-corrected chi connectivity index (χ0v) is 13.7. The summed E-state index contributed by atoms with van der Waals surface area (Å²) in [6.45, 7) is 9.65. The van der Waals surface area contributed by atoms with Gasteiger partial charge in [0.05, 0.1) is 6.61 Å². The van der Waals surface area contributed by atoms with Crippen molar-refractivity contribution < 1.29 is 4.74 Å². The smallest absolute Gasteiger partial charge is 0.0593 e. The molecule has 0 amide bonds. The molecule has 108 valence electrons. The summed E-state index contributed by atoms with van der Waals surface area (Å²) in [5, 5.41) is 0. The molecule has 0 radical (unpaired) electrons. The zero-order valence-electron chi connectivity index (χ0n) is 12.1. The average molecular weight is 329 g/mol. The third kappa shape index (κ3) is 5.22. The Hall–Kier alpha value is -0.420. The van der Waals surface area contributed by atoms with Crippen LogP contribution in [-0.4, -0.2) is 37.2 Å². The lowest BCUT2D eigenvalue weighted by atomic mass is 9.99. The summed E-state index contributed by atoms with van der Waals surface area (Å²) in [6.07, 6.45) is 0. The van der Waals surface area contributed by atoms with Crippen molar-refractivity contribution >= 4 is 15.9 Å². The lowest BCUT2D eigenvalue weighted by molar-refractivity contribution is 0.0909. The number of hydrogen-bond acceptors (Lipinski definition) is 3. The van der Waals surface area contributed by atoms with Gasteiger partial charge in [0.25, 0.3) is 0 Å². The number of halogens is 1. The molecule has 0 aliphatic carbocycles. The van der Waals surface area contributed by atoms with Crippen LogP contribution in [0.15, 0.2) is 28.7 Å². The van der Waals surface area contributed by atoms with Crippen LogP contribution in [0.5, 0.6) is 0 Å². The first-order valence-corrected chi connectivity index (χ1v) is 7.72. The van der Waals surface area contributed by atoms with Crippen molar-refractivity contribution in [2.75, 3.05) is 26.3 Å². The summed E-state index contributed by atoms with van der Waals surface area (Å²) in [6, 6.07) is 8.74. The van der Waals surface area contributed by atoms with E-state index < -0.39 is 0 Å². The largest absolute Gasteiger partial charge is 0.380 e. The maximum Gasteiger partial charge on any atom is 0.0593 e. The normalized spacial score (nSPS) is 14.6. The number of rotatable bonds is 8. The summed E-state index contributed by atoms with van der Waals surface area (Å²) in [5.41, 5.74) is 7.45. The molecule has 0 aromatic heterocycles. The van der Waals surface area contributed by atoms with Crippen LogP contribution in [0.3, 0.4) is 0 Å². The number of nitrogens with two attached hydrogens (primary N) is 1. The van der Waals surface area contributed by atoms with Crippen LogP contribution >= 0.6 is 15.9 Å². The first-order chi connectivity index (χ1) is 9.10. The molecule has 4 heteroatoms. The molecule has 3 nitrogen and oxygen atoms in total. The Kier molecular flexibility index (Phi) is 7.61. The van der Waals surface area contributed by atoms with Crippen molar-refractivity contribution in [3.8, 4) is 0 Å². The van der Waals surface area contributed by atoms with E-state index in [2.05, 4.69) is 58.9 Å². The number of benzene rings is 1. The van der Waals surface area contributed by atoms with E-state index in [1.165, 1.54) is 5.56 Å². The second-order valence-electron chi connectivity index (χ2n) is 4.68. The van der Waals surface area contributed by atoms with Crippen LogP contribution in [-0.2, 0) is 4.74 Å². The molecule has 0 heterocycles. The van der Waals surface area contributed by atoms with Gasteiger partial charge in [0, 0.05) is 29.7 Å². The van der Waals surface area contributed by atoms with Crippen molar-refractivity contribution in [3.63, 3.8) is 0 Å². The minimum atomic E-state index is 0.0859. The monoisotopic (exact) mass is 328 g/mol. The van der Waals surface area contributed by atoms with Crippen molar-refractivity contribution in [1.82, 2.24) is 4.90 Å². The molecule has 2 N–H and O–H groups in total. The van der Waals surface area contributed by atoms with Crippen LogP contribution in [0.1, 0.15) is 32.4 Å². The lowest BCUT2D eigenvalue weighted by Crippen LogP contribution is -2.41. The van der Waals surface area contributed by atoms with Crippen molar-refractivity contribution in [2.45, 2.75) is 32.9 Å². The van der Waals surface area contributed by atoms with E-state index >= 15 is 0 Å². The van der Waals surface area contributed by atoms with Gasteiger partial charge in [-0.05, 0) is 38.1 Å². The van der Waals surface area contributed by atoms with Gasteiger partial charge in [-0.1, -0.05) is 35.0 Å². The quantitative estimate of drug-likeness (QED) is 0.745. The third-order valence-electron chi connectivity index (χ3n) is 3.24. The van der Waals surface area contributed by atoms with Gasteiger partial charge in [0.15, 0.2) is 0 Å². The minimum absolute atomic E-state index is 0.0859. The molecule has 1 aromatic rings. The molecule has 1 rings (SSSR count). The molecule has 0 fully saturated rings.